The van der Waals surface area contributed by atoms with E-state index in [-0.39, 0.29) is 0 Å². The zero-order valence-corrected chi connectivity index (χ0v) is 7.71. The van der Waals surface area contributed by atoms with Crippen LogP contribution >= 0.6 is 0 Å². The molecule has 2 N–H and O–H groups in total. The molecule has 66 valence electrons. The number of hydrogen-bond acceptors (Lipinski definition) is 2. The first-order valence-corrected chi connectivity index (χ1v) is 4.62. The number of rotatable bonds is 4. The molecule has 1 atom stereocenters. The summed E-state index contributed by atoms with van der Waals surface area (Å²) < 4.78 is 0. The van der Waals surface area contributed by atoms with Gasteiger partial charge in [0, 0.05) is 19.1 Å². The van der Waals surface area contributed by atoms with Gasteiger partial charge in [-0.15, -0.1) is 0 Å². The maximum absolute atomic E-state index is 5.65. The second-order valence-electron chi connectivity index (χ2n) is 4.00. The van der Waals surface area contributed by atoms with Crippen LogP contribution in [0.5, 0.6) is 0 Å². The van der Waals surface area contributed by atoms with Gasteiger partial charge in [0.15, 0.2) is 0 Å². The number of nitrogens with zero attached hydrogens (tertiary/aromatic N) is 1. The summed E-state index contributed by atoms with van der Waals surface area (Å²) in [5.74, 6) is 0.971. The van der Waals surface area contributed by atoms with Crippen LogP contribution in [-0.2, 0) is 0 Å². The SMILES string of the molecule is CC(N)CCCC1CN(C)C1. The minimum Gasteiger partial charge on any atom is -0.328 e. The first-order valence-electron chi connectivity index (χ1n) is 4.62. The molecule has 1 unspecified atom stereocenters. The Morgan fingerprint density at radius 1 is 1.55 bits per heavy atom. The van der Waals surface area contributed by atoms with Gasteiger partial charge in [-0.3, -0.25) is 0 Å². The van der Waals surface area contributed by atoms with E-state index in [2.05, 4.69) is 18.9 Å². The molecule has 11 heavy (non-hydrogen) atoms. The fraction of sp³-hybridized carbons (Fsp3) is 1.00. The molecule has 2 nitrogen and oxygen atoms in total. The minimum absolute atomic E-state index is 0.396. The van der Waals surface area contributed by atoms with Gasteiger partial charge in [-0.25, -0.2) is 0 Å². The molecule has 0 amide bonds. The smallest absolute Gasteiger partial charge is 0.00190 e. The summed E-state index contributed by atoms with van der Waals surface area (Å²) in [4.78, 5) is 2.37. The molecule has 1 rings (SSSR count). The van der Waals surface area contributed by atoms with E-state index < -0.39 is 0 Å². The lowest BCUT2D eigenvalue weighted by atomic mass is 9.94. The van der Waals surface area contributed by atoms with Crippen LogP contribution < -0.4 is 5.73 Å². The van der Waals surface area contributed by atoms with Gasteiger partial charge in [0.25, 0.3) is 0 Å². The summed E-state index contributed by atoms with van der Waals surface area (Å²) in [7, 11) is 2.18. The van der Waals surface area contributed by atoms with E-state index >= 15 is 0 Å². The van der Waals surface area contributed by atoms with E-state index in [1.54, 1.807) is 0 Å². The third-order valence-corrected chi connectivity index (χ3v) is 2.41. The number of nitrogens with two attached hydrogens (primary N) is 1. The van der Waals surface area contributed by atoms with Crippen LogP contribution in [0.25, 0.3) is 0 Å². The van der Waals surface area contributed by atoms with Gasteiger partial charge in [-0.2, -0.15) is 0 Å². The zero-order valence-electron chi connectivity index (χ0n) is 7.71. The minimum atomic E-state index is 0.396. The van der Waals surface area contributed by atoms with E-state index in [4.69, 9.17) is 5.73 Å². The number of hydrogen-bond donors (Lipinski definition) is 1. The Kier molecular flexibility index (Phi) is 3.34. The predicted molar refractivity (Wildman–Crippen MR) is 48.5 cm³/mol. The van der Waals surface area contributed by atoms with Crippen molar-refractivity contribution in [2.45, 2.75) is 32.2 Å². The second-order valence-corrected chi connectivity index (χ2v) is 4.00. The van der Waals surface area contributed by atoms with Crippen molar-refractivity contribution in [2.24, 2.45) is 11.7 Å². The monoisotopic (exact) mass is 156 g/mol. The van der Waals surface area contributed by atoms with Crippen LogP contribution in [0, 0.1) is 5.92 Å². The van der Waals surface area contributed by atoms with E-state index in [9.17, 15) is 0 Å². The van der Waals surface area contributed by atoms with Crippen LogP contribution in [-0.4, -0.2) is 31.1 Å². The molecule has 0 aromatic rings. The fourth-order valence-electron chi connectivity index (χ4n) is 1.74. The lowest BCUT2D eigenvalue weighted by Gasteiger charge is -2.36. The molecule has 0 aromatic carbocycles. The molecule has 2 heteroatoms. The van der Waals surface area contributed by atoms with Gasteiger partial charge in [0.05, 0.1) is 0 Å². The summed E-state index contributed by atoms with van der Waals surface area (Å²) in [5, 5.41) is 0. The highest BCUT2D eigenvalue weighted by molar-refractivity contribution is 4.76. The quantitative estimate of drug-likeness (QED) is 0.659. The predicted octanol–water partition coefficient (Wildman–Crippen LogP) is 1.07. The van der Waals surface area contributed by atoms with E-state index in [0.29, 0.717) is 6.04 Å². The molecule has 0 aromatic heterocycles. The average molecular weight is 156 g/mol. The van der Waals surface area contributed by atoms with Crippen molar-refractivity contribution in [3.63, 3.8) is 0 Å². The average Bonchev–Trinajstić information content (AvgIpc) is 1.83. The second kappa shape index (κ2) is 4.07. The van der Waals surface area contributed by atoms with Crippen LogP contribution in [0.1, 0.15) is 26.2 Å². The van der Waals surface area contributed by atoms with E-state index in [1.807, 2.05) is 0 Å². The lowest BCUT2D eigenvalue weighted by Crippen LogP contribution is -2.43. The van der Waals surface area contributed by atoms with Crippen molar-refractivity contribution in [2.75, 3.05) is 20.1 Å². The van der Waals surface area contributed by atoms with Gasteiger partial charge in [0.2, 0.25) is 0 Å². The Bertz CT molecular complexity index is 106. The standard InChI is InChI=1S/C9H20N2/c1-8(10)4-3-5-9-6-11(2)7-9/h8-9H,3-7,10H2,1-2H3. The van der Waals surface area contributed by atoms with Gasteiger partial charge < -0.3 is 10.6 Å². The molecular formula is C9H20N2. The van der Waals surface area contributed by atoms with E-state index in [0.717, 1.165) is 5.92 Å². The molecular weight excluding hydrogens is 136 g/mol. The molecule has 1 aliphatic rings. The molecule has 1 heterocycles. The van der Waals surface area contributed by atoms with Gasteiger partial charge in [-0.1, -0.05) is 6.42 Å². The Morgan fingerprint density at radius 3 is 2.64 bits per heavy atom. The lowest BCUT2D eigenvalue weighted by molar-refractivity contribution is 0.124. The molecule has 1 aliphatic heterocycles. The van der Waals surface area contributed by atoms with Crippen molar-refractivity contribution in [1.29, 1.82) is 0 Å². The van der Waals surface area contributed by atoms with Crippen molar-refractivity contribution >= 4 is 0 Å². The highest BCUT2D eigenvalue weighted by Gasteiger charge is 2.21. The van der Waals surface area contributed by atoms with Crippen molar-refractivity contribution < 1.29 is 0 Å². The highest BCUT2D eigenvalue weighted by atomic mass is 15.2. The Labute approximate surface area is 69.8 Å². The van der Waals surface area contributed by atoms with Crippen LogP contribution in [0.15, 0.2) is 0 Å². The molecule has 0 bridgehead atoms. The first-order chi connectivity index (χ1) is 5.18. The summed E-state index contributed by atoms with van der Waals surface area (Å²) >= 11 is 0. The number of likely N-dealkylation sites (tertiary alicyclic amines) is 1. The highest BCUT2D eigenvalue weighted by Crippen LogP contribution is 2.19. The third kappa shape index (κ3) is 3.21. The van der Waals surface area contributed by atoms with Crippen LogP contribution in [0.4, 0.5) is 0 Å². The third-order valence-electron chi connectivity index (χ3n) is 2.41. The first kappa shape index (κ1) is 9.01. The van der Waals surface area contributed by atoms with Crippen LogP contribution in [0.2, 0.25) is 0 Å². The summed E-state index contributed by atoms with van der Waals surface area (Å²) in [6, 6.07) is 0.396. The summed E-state index contributed by atoms with van der Waals surface area (Å²) in [6.45, 7) is 4.70. The molecule has 0 saturated carbocycles. The Hall–Kier alpha value is -0.0800. The Balaban J connectivity index is 1.89. The van der Waals surface area contributed by atoms with Gasteiger partial charge in [-0.05, 0) is 32.7 Å². The van der Waals surface area contributed by atoms with Crippen molar-refractivity contribution in [3.05, 3.63) is 0 Å². The molecule has 0 aliphatic carbocycles. The zero-order chi connectivity index (χ0) is 8.27. The summed E-state index contributed by atoms with van der Waals surface area (Å²) in [6.07, 6.45) is 3.89. The molecule has 0 radical (unpaired) electrons. The van der Waals surface area contributed by atoms with E-state index in [1.165, 1.54) is 32.4 Å². The van der Waals surface area contributed by atoms with Gasteiger partial charge >= 0.3 is 0 Å². The normalized spacial score (nSPS) is 23.2. The fourth-order valence-corrected chi connectivity index (χ4v) is 1.74. The maximum atomic E-state index is 5.65. The summed E-state index contributed by atoms with van der Waals surface area (Å²) in [5.41, 5.74) is 5.65. The molecule has 1 fully saturated rings. The topological polar surface area (TPSA) is 29.3 Å². The largest absolute Gasteiger partial charge is 0.328 e. The van der Waals surface area contributed by atoms with Crippen molar-refractivity contribution in [1.82, 2.24) is 4.90 Å². The molecule has 1 saturated heterocycles. The van der Waals surface area contributed by atoms with Crippen LogP contribution in [0.3, 0.4) is 0 Å². The van der Waals surface area contributed by atoms with Crippen molar-refractivity contribution in [3.8, 4) is 0 Å². The Morgan fingerprint density at radius 2 is 2.18 bits per heavy atom. The maximum Gasteiger partial charge on any atom is 0.00190 e. The molecule has 0 spiro atoms. The van der Waals surface area contributed by atoms with Gasteiger partial charge in [0.1, 0.15) is 0 Å².